The van der Waals surface area contributed by atoms with Crippen molar-refractivity contribution in [2.45, 2.75) is 65.4 Å². The van der Waals surface area contributed by atoms with E-state index in [0.717, 1.165) is 23.2 Å². The fourth-order valence-electron chi connectivity index (χ4n) is 4.21. The summed E-state index contributed by atoms with van der Waals surface area (Å²) in [4.78, 5) is 40.7. The van der Waals surface area contributed by atoms with Crippen LogP contribution in [0.1, 0.15) is 68.4 Å². The Kier molecular flexibility index (Phi) is 8.95. The van der Waals surface area contributed by atoms with Crippen LogP contribution >= 0.6 is 11.6 Å². The zero-order valence-corrected chi connectivity index (χ0v) is 21.9. The number of benzene rings is 2. The fraction of sp³-hybridized carbons (Fsp3) is 0.464. The Morgan fingerprint density at radius 3 is 2.49 bits per heavy atom. The number of rotatable bonds is 9. The highest BCUT2D eigenvalue weighted by Gasteiger charge is 2.24. The van der Waals surface area contributed by atoms with E-state index in [2.05, 4.69) is 0 Å². The Balaban J connectivity index is 1.54. The molecule has 2 amide bonds. The maximum atomic E-state index is 12.8. The molecule has 1 heterocycles. The lowest BCUT2D eigenvalue weighted by molar-refractivity contribution is -0.116. The van der Waals surface area contributed by atoms with Gasteiger partial charge >= 0.3 is 6.09 Å². The van der Waals surface area contributed by atoms with Crippen molar-refractivity contribution in [2.75, 3.05) is 24.5 Å². The van der Waals surface area contributed by atoms with Crippen LogP contribution in [-0.4, -0.2) is 47.9 Å². The highest BCUT2D eigenvalue weighted by Crippen LogP contribution is 2.29. The molecule has 0 fully saturated rings. The molecule has 1 aliphatic heterocycles. The topological polar surface area (TPSA) is 66.9 Å². The van der Waals surface area contributed by atoms with Gasteiger partial charge in [-0.15, -0.1) is 0 Å². The zero-order chi connectivity index (χ0) is 25.6. The summed E-state index contributed by atoms with van der Waals surface area (Å²) in [6, 6.07) is 13.2. The van der Waals surface area contributed by atoms with Crippen molar-refractivity contribution >= 4 is 35.1 Å². The molecular weight excluding hydrogens is 464 g/mol. The molecule has 7 heteroatoms. The van der Waals surface area contributed by atoms with Crippen LogP contribution in [0.3, 0.4) is 0 Å². The molecule has 6 nitrogen and oxygen atoms in total. The molecule has 0 saturated carbocycles. The predicted molar refractivity (Wildman–Crippen MR) is 139 cm³/mol. The molecule has 1 aliphatic rings. The smallest absolute Gasteiger partial charge is 0.410 e. The Bertz CT molecular complexity index is 1080. The van der Waals surface area contributed by atoms with Crippen LogP contribution in [0.2, 0.25) is 5.02 Å². The number of carbonyl (C=O) groups is 3. The Morgan fingerprint density at radius 2 is 1.80 bits per heavy atom. The first kappa shape index (κ1) is 26.7. The molecule has 2 aromatic rings. The van der Waals surface area contributed by atoms with Crippen molar-refractivity contribution in [1.29, 1.82) is 0 Å². The first-order chi connectivity index (χ1) is 16.5. The van der Waals surface area contributed by atoms with E-state index in [-0.39, 0.29) is 17.8 Å². The van der Waals surface area contributed by atoms with Gasteiger partial charge in [0.05, 0.1) is 0 Å². The summed E-state index contributed by atoms with van der Waals surface area (Å²) in [5, 5.41) is 0.683. The Labute approximate surface area is 213 Å². The predicted octanol–water partition coefficient (Wildman–Crippen LogP) is 6.08. The van der Waals surface area contributed by atoms with E-state index in [0.29, 0.717) is 55.9 Å². The second kappa shape index (κ2) is 11.7. The van der Waals surface area contributed by atoms with Gasteiger partial charge in [0.2, 0.25) is 5.91 Å². The quantitative estimate of drug-likeness (QED) is 0.310. The summed E-state index contributed by atoms with van der Waals surface area (Å²) in [5.41, 5.74) is 3.03. The Morgan fingerprint density at radius 1 is 1.06 bits per heavy atom. The maximum Gasteiger partial charge on any atom is 0.410 e. The van der Waals surface area contributed by atoms with Gasteiger partial charge in [-0.1, -0.05) is 29.8 Å². The van der Waals surface area contributed by atoms with Crippen LogP contribution in [0.4, 0.5) is 10.5 Å². The van der Waals surface area contributed by atoms with E-state index in [1.54, 1.807) is 22.8 Å². The molecule has 3 rings (SSSR count). The minimum Gasteiger partial charge on any atom is -0.444 e. The standard InChI is InChI=1S/C28H35ClN2O4/c1-20(32)31-18-15-22-19-23(12-13-25(22)31)26(33)11-7-8-16-30(27(34)35-28(2,3)4)17-14-21-9-5-6-10-24(21)29/h5-6,9-10,12-13,19H,7-8,11,14-18H2,1-4H3. The lowest BCUT2D eigenvalue weighted by atomic mass is 10.0. The molecule has 35 heavy (non-hydrogen) atoms. The summed E-state index contributed by atoms with van der Waals surface area (Å²) < 4.78 is 5.59. The third-order valence-corrected chi connectivity index (χ3v) is 6.39. The average Bonchev–Trinajstić information content (AvgIpc) is 3.22. The normalized spacial score (nSPS) is 12.9. The second-order valence-corrected chi connectivity index (χ2v) is 10.4. The van der Waals surface area contributed by atoms with Crippen molar-refractivity contribution in [3.63, 3.8) is 0 Å². The number of ether oxygens (including phenoxy) is 1. The molecule has 2 aromatic carbocycles. The van der Waals surface area contributed by atoms with Crippen LogP contribution in [0.15, 0.2) is 42.5 Å². The third kappa shape index (κ3) is 7.56. The summed E-state index contributed by atoms with van der Waals surface area (Å²) >= 11 is 6.28. The van der Waals surface area contributed by atoms with Crippen LogP contribution in [0, 0.1) is 0 Å². The van der Waals surface area contributed by atoms with Gasteiger partial charge in [0.15, 0.2) is 5.78 Å². The third-order valence-electron chi connectivity index (χ3n) is 6.02. The van der Waals surface area contributed by atoms with E-state index >= 15 is 0 Å². The van der Waals surface area contributed by atoms with Crippen LogP contribution in [0.5, 0.6) is 0 Å². The average molecular weight is 499 g/mol. The molecule has 0 unspecified atom stereocenters. The number of nitrogens with zero attached hydrogens (tertiary/aromatic N) is 2. The van der Waals surface area contributed by atoms with Crippen molar-refractivity contribution in [3.8, 4) is 0 Å². The number of Topliss-reactive ketones (excluding diaryl/α,β-unsaturated/α-hetero) is 1. The first-order valence-electron chi connectivity index (χ1n) is 12.2. The minimum atomic E-state index is -0.582. The van der Waals surface area contributed by atoms with E-state index in [9.17, 15) is 14.4 Å². The van der Waals surface area contributed by atoms with Gasteiger partial charge in [0.1, 0.15) is 5.60 Å². The van der Waals surface area contributed by atoms with Crippen LogP contribution < -0.4 is 4.90 Å². The van der Waals surface area contributed by atoms with E-state index < -0.39 is 5.60 Å². The van der Waals surface area contributed by atoms with Gasteiger partial charge in [-0.05, 0) is 81.8 Å². The molecule has 0 N–H and O–H groups in total. The number of hydrogen-bond acceptors (Lipinski definition) is 4. The van der Waals surface area contributed by atoms with Gasteiger partial charge in [-0.25, -0.2) is 4.79 Å². The van der Waals surface area contributed by atoms with E-state index in [1.807, 2.05) is 57.2 Å². The highest BCUT2D eigenvalue weighted by molar-refractivity contribution is 6.31. The number of ketones is 1. The summed E-state index contributed by atoms with van der Waals surface area (Å²) in [6.07, 6.45) is 2.81. The lowest BCUT2D eigenvalue weighted by Crippen LogP contribution is -2.38. The number of halogens is 1. The first-order valence-corrected chi connectivity index (χ1v) is 12.6. The second-order valence-electron chi connectivity index (χ2n) is 9.95. The molecule has 0 saturated heterocycles. The summed E-state index contributed by atoms with van der Waals surface area (Å²) in [5.74, 6) is 0.0980. The maximum absolute atomic E-state index is 12.8. The monoisotopic (exact) mass is 498 g/mol. The molecule has 0 atom stereocenters. The van der Waals surface area contributed by atoms with Crippen LogP contribution in [-0.2, 0) is 22.4 Å². The van der Waals surface area contributed by atoms with Crippen LogP contribution in [0.25, 0.3) is 0 Å². The van der Waals surface area contributed by atoms with Crippen molar-refractivity contribution < 1.29 is 19.1 Å². The van der Waals surface area contributed by atoms with Gasteiger partial charge in [0.25, 0.3) is 0 Å². The lowest BCUT2D eigenvalue weighted by Gasteiger charge is -2.27. The molecule has 0 radical (unpaired) electrons. The molecular formula is C28H35ClN2O4. The number of carbonyl (C=O) groups excluding carboxylic acids is 3. The van der Waals surface area contributed by atoms with Gasteiger partial charge in [-0.2, -0.15) is 0 Å². The van der Waals surface area contributed by atoms with E-state index in [4.69, 9.17) is 16.3 Å². The molecule has 0 aliphatic carbocycles. The molecule has 0 aromatic heterocycles. The molecule has 0 bridgehead atoms. The van der Waals surface area contributed by atoms with Gasteiger partial charge in [-0.3, -0.25) is 9.59 Å². The van der Waals surface area contributed by atoms with Crippen molar-refractivity contribution in [2.24, 2.45) is 0 Å². The zero-order valence-electron chi connectivity index (χ0n) is 21.1. The Hall–Kier alpha value is -2.86. The SMILES string of the molecule is CC(=O)N1CCc2cc(C(=O)CCCCN(CCc3ccccc3Cl)C(=O)OC(C)(C)C)ccc21. The van der Waals surface area contributed by atoms with Gasteiger partial charge < -0.3 is 14.5 Å². The summed E-state index contributed by atoms with van der Waals surface area (Å²) in [7, 11) is 0. The molecule has 188 valence electrons. The number of amides is 2. The highest BCUT2D eigenvalue weighted by atomic mass is 35.5. The number of anilines is 1. The number of fused-ring (bicyclic) bond motifs is 1. The minimum absolute atomic E-state index is 0.0203. The fourth-order valence-corrected chi connectivity index (χ4v) is 4.44. The number of unbranched alkanes of at least 4 members (excludes halogenated alkanes) is 1. The van der Waals surface area contributed by atoms with Gasteiger partial charge in [0, 0.05) is 49.3 Å². The van der Waals surface area contributed by atoms with Crippen molar-refractivity contribution in [1.82, 2.24) is 4.90 Å². The number of hydrogen-bond donors (Lipinski definition) is 0. The summed E-state index contributed by atoms with van der Waals surface area (Å²) in [6.45, 7) is 8.76. The van der Waals surface area contributed by atoms with E-state index in [1.165, 1.54) is 0 Å². The van der Waals surface area contributed by atoms with Crippen molar-refractivity contribution in [3.05, 3.63) is 64.2 Å². The molecule has 0 spiro atoms. The largest absolute Gasteiger partial charge is 0.444 e.